The van der Waals surface area contributed by atoms with Gasteiger partial charge in [-0.3, -0.25) is 4.99 Å². The van der Waals surface area contributed by atoms with E-state index in [0.29, 0.717) is 0 Å². The van der Waals surface area contributed by atoms with Gasteiger partial charge < -0.3 is 20.1 Å². The van der Waals surface area contributed by atoms with E-state index in [1.54, 1.807) is 14.2 Å². The first kappa shape index (κ1) is 18.2. The molecule has 0 spiro atoms. The van der Waals surface area contributed by atoms with Gasteiger partial charge in [-0.15, -0.1) is 0 Å². The molecule has 5 heteroatoms. The molecule has 1 unspecified atom stereocenters. The van der Waals surface area contributed by atoms with Gasteiger partial charge in [-0.2, -0.15) is 0 Å². The zero-order chi connectivity index (χ0) is 14.7. The molecule has 0 heterocycles. The summed E-state index contributed by atoms with van der Waals surface area (Å²) in [6, 6.07) is 0. The second-order valence-corrected chi connectivity index (χ2v) is 5.52. The molecule has 0 bridgehead atoms. The quantitative estimate of drug-likeness (QED) is 0.401. The molecule has 0 rings (SSSR count). The Hall–Kier alpha value is -0.810. The number of nitrogens with zero attached hydrogens (tertiary/aromatic N) is 1. The first-order valence-electron chi connectivity index (χ1n) is 7.00. The Morgan fingerprint density at radius 1 is 1.26 bits per heavy atom. The summed E-state index contributed by atoms with van der Waals surface area (Å²) in [7, 11) is 3.52. The van der Waals surface area contributed by atoms with Gasteiger partial charge in [0, 0.05) is 40.5 Å². The van der Waals surface area contributed by atoms with Crippen LogP contribution in [0.5, 0.6) is 0 Å². The normalized spacial score (nSPS) is 14.3. The summed E-state index contributed by atoms with van der Waals surface area (Å²) < 4.78 is 10.8. The van der Waals surface area contributed by atoms with Crippen LogP contribution >= 0.6 is 0 Å². The van der Waals surface area contributed by atoms with Gasteiger partial charge >= 0.3 is 0 Å². The van der Waals surface area contributed by atoms with Crippen molar-refractivity contribution in [2.24, 2.45) is 10.4 Å². The van der Waals surface area contributed by atoms with Gasteiger partial charge in [-0.25, -0.2) is 0 Å². The Bertz CT molecular complexity index is 250. The smallest absolute Gasteiger partial charge is 0.191 e. The predicted molar refractivity (Wildman–Crippen MR) is 80.7 cm³/mol. The van der Waals surface area contributed by atoms with Crippen molar-refractivity contribution in [3.63, 3.8) is 0 Å². The van der Waals surface area contributed by atoms with Crippen LogP contribution in [0.3, 0.4) is 0 Å². The number of hydrogen-bond donors (Lipinski definition) is 2. The van der Waals surface area contributed by atoms with E-state index in [9.17, 15) is 0 Å². The highest BCUT2D eigenvalue weighted by Gasteiger charge is 2.24. The molecule has 0 amide bonds. The lowest BCUT2D eigenvalue weighted by molar-refractivity contribution is 0.0205. The van der Waals surface area contributed by atoms with Crippen LogP contribution in [0, 0.1) is 5.41 Å². The zero-order valence-corrected chi connectivity index (χ0v) is 13.4. The number of nitrogens with one attached hydrogen (secondary N) is 2. The highest BCUT2D eigenvalue weighted by atomic mass is 16.5. The molecule has 1 atom stereocenters. The third kappa shape index (κ3) is 8.83. The van der Waals surface area contributed by atoms with Crippen molar-refractivity contribution in [1.82, 2.24) is 10.6 Å². The van der Waals surface area contributed by atoms with Crippen molar-refractivity contribution in [3.05, 3.63) is 0 Å². The van der Waals surface area contributed by atoms with Crippen LogP contribution in [0.15, 0.2) is 4.99 Å². The van der Waals surface area contributed by atoms with Crippen LogP contribution < -0.4 is 10.6 Å². The molecule has 0 aliphatic heterocycles. The Morgan fingerprint density at radius 2 is 1.95 bits per heavy atom. The van der Waals surface area contributed by atoms with Gasteiger partial charge in [-0.05, 0) is 18.8 Å². The number of ether oxygens (including phenoxy) is 2. The second-order valence-electron chi connectivity index (χ2n) is 5.52. The Kier molecular flexibility index (Phi) is 9.61. The van der Waals surface area contributed by atoms with Gasteiger partial charge in [-0.1, -0.05) is 20.8 Å². The summed E-state index contributed by atoms with van der Waals surface area (Å²) in [4.78, 5) is 4.19. The Labute approximate surface area is 118 Å². The van der Waals surface area contributed by atoms with Gasteiger partial charge in [0.25, 0.3) is 0 Å². The molecule has 0 aromatic heterocycles. The van der Waals surface area contributed by atoms with E-state index in [0.717, 1.165) is 38.7 Å². The molecule has 0 saturated carbocycles. The largest absolute Gasteiger partial charge is 0.382 e. The molecule has 114 valence electrons. The van der Waals surface area contributed by atoms with E-state index >= 15 is 0 Å². The first-order valence-corrected chi connectivity index (χ1v) is 7.00. The molecule has 0 fully saturated rings. The summed E-state index contributed by atoms with van der Waals surface area (Å²) in [5, 5.41) is 6.55. The van der Waals surface area contributed by atoms with E-state index in [1.165, 1.54) is 0 Å². The molecule has 0 aliphatic carbocycles. The minimum absolute atomic E-state index is 0.107. The van der Waals surface area contributed by atoms with Crippen LogP contribution in [0.1, 0.15) is 34.1 Å². The van der Waals surface area contributed by atoms with Crippen LogP contribution in [0.4, 0.5) is 0 Å². The topological polar surface area (TPSA) is 54.9 Å². The third-order valence-corrected chi connectivity index (χ3v) is 2.89. The van der Waals surface area contributed by atoms with Gasteiger partial charge in [0.2, 0.25) is 0 Å². The molecule has 5 nitrogen and oxygen atoms in total. The number of aliphatic imine (C=N–C) groups is 1. The summed E-state index contributed by atoms with van der Waals surface area (Å²) >= 11 is 0. The molecular formula is C14H31N3O2. The van der Waals surface area contributed by atoms with Crippen molar-refractivity contribution in [1.29, 1.82) is 0 Å². The summed E-state index contributed by atoms with van der Waals surface area (Å²) in [6.07, 6.45) is 1.12. The zero-order valence-electron chi connectivity index (χ0n) is 13.4. The molecular weight excluding hydrogens is 242 g/mol. The summed E-state index contributed by atoms with van der Waals surface area (Å²) in [5.74, 6) is 0.808. The molecule has 0 saturated heterocycles. The average Bonchev–Trinajstić information content (AvgIpc) is 2.35. The van der Waals surface area contributed by atoms with Crippen molar-refractivity contribution in [2.75, 3.05) is 40.5 Å². The minimum Gasteiger partial charge on any atom is -0.382 e. The molecule has 0 aromatic rings. The van der Waals surface area contributed by atoms with Crippen LogP contribution in [-0.4, -0.2) is 52.5 Å². The number of guanidine groups is 1. The average molecular weight is 273 g/mol. The predicted octanol–water partition coefficient (Wildman–Crippen LogP) is 1.64. The molecule has 0 aliphatic rings. The maximum atomic E-state index is 5.50. The fraction of sp³-hybridized carbons (Fsp3) is 0.929. The maximum absolute atomic E-state index is 5.50. The number of rotatable bonds is 8. The highest BCUT2D eigenvalue weighted by molar-refractivity contribution is 5.79. The first-order chi connectivity index (χ1) is 8.95. The number of methoxy groups -OCH3 is 1. The standard InChI is InChI=1S/C14H31N3O2/c1-7-19-10-8-9-16-13(15-5)17-11-12(18-6)14(2,3)4/h12H,7-11H2,1-6H3,(H2,15,16,17). The third-order valence-electron chi connectivity index (χ3n) is 2.89. The molecule has 0 radical (unpaired) electrons. The number of hydrogen-bond acceptors (Lipinski definition) is 3. The van der Waals surface area contributed by atoms with Crippen LogP contribution in [0.25, 0.3) is 0 Å². The van der Waals surface area contributed by atoms with Gasteiger partial charge in [0.1, 0.15) is 0 Å². The lowest BCUT2D eigenvalue weighted by Gasteiger charge is -2.30. The van der Waals surface area contributed by atoms with E-state index in [1.807, 2.05) is 6.92 Å². The minimum atomic E-state index is 0.107. The molecule has 19 heavy (non-hydrogen) atoms. The van der Waals surface area contributed by atoms with Gasteiger partial charge in [0.05, 0.1) is 6.10 Å². The van der Waals surface area contributed by atoms with Crippen LogP contribution in [-0.2, 0) is 9.47 Å². The lowest BCUT2D eigenvalue weighted by Crippen LogP contribution is -2.45. The lowest BCUT2D eigenvalue weighted by atomic mass is 9.89. The highest BCUT2D eigenvalue weighted by Crippen LogP contribution is 2.20. The van der Waals surface area contributed by atoms with Crippen molar-refractivity contribution < 1.29 is 9.47 Å². The Morgan fingerprint density at radius 3 is 2.42 bits per heavy atom. The van der Waals surface area contributed by atoms with E-state index in [4.69, 9.17) is 9.47 Å². The maximum Gasteiger partial charge on any atom is 0.191 e. The molecule has 0 aromatic carbocycles. The van der Waals surface area contributed by atoms with Crippen molar-refractivity contribution in [3.8, 4) is 0 Å². The van der Waals surface area contributed by atoms with Crippen molar-refractivity contribution >= 4 is 5.96 Å². The SMILES string of the molecule is CCOCCCNC(=NC)NCC(OC)C(C)(C)C. The summed E-state index contributed by atoms with van der Waals surface area (Å²) in [5.41, 5.74) is 0.107. The Balaban J connectivity index is 3.94. The van der Waals surface area contributed by atoms with E-state index in [-0.39, 0.29) is 11.5 Å². The van der Waals surface area contributed by atoms with Crippen LogP contribution in [0.2, 0.25) is 0 Å². The summed E-state index contributed by atoms with van der Waals surface area (Å²) in [6.45, 7) is 11.7. The van der Waals surface area contributed by atoms with Gasteiger partial charge in [0.15, 0.2) is 5.96 Å². The fourth-order valence-corrected chi connectivity index (χ4v) is 1.68. The molecule has 2 N–H and O–H groups in total. The van der Waals surface area contributed by atoms with E-state index in [2.05, 4.69) is 36.4 Å². The van der Waals surface area contributed by atoms with Crippen molar-refractivity contribution in [2.45, 2.75) is 40.2 Å². The fourth-order valence-electron chi connectivity index (χ4n) is 1.68. The van der Waals surface area contributed by atoms with E-state index < -0.39 is 0 Å². The second kappa shape index (κ2) is 10.0. The monoisotopic (exact) mass is 273 g/mol.